The molecule has 0 radical (unpaired) electrons. The average molecular weight is 213 g/mol. The van der Waals surface area contributed by atoms with E-state index in [0.29, 0.717) is 6.54 Å². The quantitative estimate of drug-likeness (QED) is 0.813. The Morgan fingerprint density at radius 2 is 2.14 bits per heavy atom. The Balaban J connectivity index is 2.73. The molecule has 0 aromatic heterocycles. The topological polar surface area (TPSA) is 26.0 Å². The summed E-state index contributed by atoms with van der Waals surface area (Å²) < 4.78 is 13.4. The lowest BCUT2D eigenvalue weighted by atomic mass is 10.1. The summed E-state index contributed by atoms with van der Waals surface area (Å²) in [7, 11) is 0. The van der Waals surface area contributed by atoms with Crippen molar-refractivity contribution in [1.29, 1.82) is 0 Å². The Bertz CT molecular complexity index is 278. The zero-order chi connectivity index (χ0) is 10.4. The van der Waals surface area contributed by atoms with Crippen molar-refractivity contribution in [3.63, 3.8) is 0 Å². The van der Waals surface area contributed by atoms with Crippen LogP contribution in [0, 0.1) is 5.82 Å². The fraction of sp³-hybridized carbons (Fsp3) is 0.455. The fourth-order valence-electron chi connectivity index (χ4n) is 1.28. The maximum Gasteiger partial charge on any atom is 0.127 e. The first-order valence-corrected chi connectivity index (χ1v) is 5.90. The van der Waals surface area contributed by atoms with Gasteiger partial charge in [0.2, 0.25) is 0 Å². The second kappa shape index (κ2) is 6.04. The molecule has 2 N–H and O–H groups in total. The number of rotatable bonds is 5. The number of halogens is 1. The van der Waals surface area contributed by atoms with Crippen LogP contribution in [-0.4, -0.2) is 12.3 Å². The molecule has 14 heavy (non-hydrogen) atoms. The van der Waals surface area contributed by atoms with Crippen LogP contribution in [0.3, 0.4) is 0 Å². The number of thioether (sulfide) groups is 1. The highest BCUT2D eigenvalue weighted by Gasteiger charge is 2.13. The molecule has 0 heterocycles. The van der Waals surface area contributed by atoms with Gasteiger partial charge < -0.3 is 5.73 Å². The minimum absolute atomic E-state index is 0.0937. The van der Waals surface area contributed by atoms with Gasteiger partial charge in [-0.2, -0.15) is 11.8 Å². The maximum absolute atomic E-state index is 13.4. The molecule has 1 rings (SSSR count). The van der Waals surface area contributed by atoms with E-state index in [9.17, 15) is 4.39 Å². The molecule has 1 nitrogen and oxygen atoms in total. The predicted octanol–water partition coefficient (Wildman–Crippen LogP) is 2.97. The Hall–Kier alpha value is -0.540. The molecule has 1 aromatic carbocycles. The fourth-order valence-corrected chi connectivity index (χ4v) is 2.31. The highest BCUT2D eigenvalue weighted by Crippen LogP contribution is 2.29. The van der Waals surface area contributed by atoms with Crippen LogP contribution in [0.15, 0.2) is 24.3 Å². The molecular weight excluding hydrogens is 197 g/mol. The molecule has 3 heteroatoms. The van der Waals surface area contributed by atoms with Crippen molar-refractivity contribution in [2.24, 2.45) is 5.73 Å². The molecule has 0 spiro atoms. The smallest absolute Gasteiger partial charge is 0.127 e. The third-order valence-corrected chi connectivity index (χ3v) is 3.48. The van der Waals surface area contributed by atoms with Crippen LogP contribution >= 0.6 is 11.8 Å². The average Bonchev–Trinajstić information content (AvgIpc) is 2.21. The van der Waals surface area contributed by atoms with Gasteiger partial charge in [0.05, 0.1) is 0 Å². The van der Waals surface area contributed by atoms with E-state index in [1.807, 2.05) is 12.1 Å². The maximum atomic E-state index is 13.4. The normalized spacial score (nSPS) is 12.8. The molecule has 1 aromatic rings. The SMILES string of the molecule is CCCSC(CN)c1ccccc1F. The van der Waals surface area contributed by atoms with E-state index >= 15 is 0 Å². The molecule has 0 amide bonds. The van der Waals surface area contributed by atoms with E-state index < -0.39 is 0 Å². The van der Waals surface area contributed by atoms with Gasteiger partial charge in [-0.1, -0.05) is 25.1 Å². The second-order valence-electron chi connectivity index (χ2n) is 3.12. The lowest BCUT2D eigenvalue weighted by Gasteiger charge is -2.14. The molecule has 0 aliphatic heterocycles. The lowest BCUT2D eigenvalue weighted by Crippen LogP contribution is -2.11. The number of nitrogens with two attached hydrogens (primary N) is 1. The van der Waals surface area contributed by atoms with Gasteiger partial charge in [-0.3, -0.25) is 0 Å². The Labute approximate surface area is 88.9 Å². The first-order valence-electron chi connectivity index (χ1n) is 4.85. The van der Waals surface area contributed by atoms with Crippen LogP contribution in [0.4, 0.5) is 4.39 Å². The second-order valence-corrected chi connectivity index (χ2v) is 4.43. The first-order chi connectivity index (χ1) is 6.79. The van der Waals surface area contributed by atoms with Gasteiger partial charge in [-0.25, -0.2) is 4.39 Å². The van der Waals surface area contributed by atoms with Gasteiger partial charge in [0.1, 0.15) is 5.82 Å². The molecule has 1 unspecified atom stereocenters. The summed E-state index contributed by atoms with van der Waals surface area (Å²) in [5.74, 6) is 0.877. The van der Waals surface area contributed by atoms with Crippen molar-refractivity contribution < 1.29 is 4.39 Å². The molecule has 0 saturated heterocycles. The summed E-state index contributed by atoms with van der Waals surface area (Å²) in [6, 6.07) is 6.87. The van der Waals surface area contributed by atoms with Crippen molar-refractivity contribution in [2.75, 3.05) is 12.3 Å². The van der Waals surface area contributed by atoms with Crippen molar-refractivity contribution in [2.45, 2.75) is 18.6 Å². The summed E-state index contributed by atoms with van der Waals surface area (Å²) >= 11 is 1.72. The third-order valence-electron chi connectivity index (χ3n) is 1.99. The van der Waals surface area contributed by atoms with Gasteiger partial charge in [-0.05, 0) is 18.2 Å². The van der Waals surface area contributed by atoms with E-state index in [4.69, 9.17) is 5.73 Å². The van der Waals surface area contributed by atoms with E-state index in [0.717, 1.165) is 17.7 Å². The summed E-state index contributed by atoms with van der Waals surface area (Å²) in [5.41, 5.74) is 6.36. The van der Waals surface area contributed by atoms with E-state index in [1.54, 1.807) is 17.8 Å². The number of hydrogen-bond acceptors (Lipinski definition) is 2. The van der Waals surface area contributed by atoms with Crippen LogP contribution in [0.25, 0.3) is 0 Å². The highest BCUT2D eigenvalue weighted by molar-refractivity contribution is 7.99. The molecule has 0 aliphatic carbocycles. The molecule has 0 aliphatic rings. The summed E-state index contributed by atoms with van der Waals surface area (Å²) in [5, 5.41) is 0.0937. The lowest BCUT2D eigenvalue weighted by molar-refractivity contribution is 0.608. The van der Waals surface area contributed by atoms with Crippen LogP contribution in [0.1, 0.15) is 24.2 Å². The molecule has 0 fully saturated rings. The molecule has 0 saturated carbocycles. The Kier molecular flexibility index (Phi) is 4.98. The molecule has 78 valence electrons. The molecular formula is C11H16FNS. The minimum atomic E-state index is -0.147. The monoisotopic (exact) mass is 213 g/mol. The summed E-state index contributed by atoms with van der Waals surface area (Å²) in [6.07, 6.45) is 1.09. The summed E-state index contributed by atoms with van der Waals surface area (Å²) in [4.78, 5) is 0. The van der Waals surface area contributed by atoms with Crippen molar-refractivity contribution >= 4 is 11.8 Å². The number of benzene rings is 1. The van der Waals surface area contributed by atoms with Gasteiger partial charge in [-0.15, -0.1) is 0 Å². The van der Waals surface area contributed by atoms with Crippen molar-refractivity contribution in [1.82, 2.24) is 0 Å². The van der Waals surface area contributed by atoms with Crippen LogP contribution in [-0.2, 0) is 0 Å². The largest absolute Gasteiger partial charge is 0.329 e. The molecule has 0 bridgehead atoms. The minimum Gasteiger partial charge on any atom is -0.329 e. The van der Waals surface area contributed by atoms with Gasteiger partial charge in [0.25, 0.3) is 0 Å². The predicted molar refractivity (Wildman–Crippen MR) is 60.9 cm³/mol. The third kappa shape index (κ3) is 3.00. The molecule has 1 atom stereocenters. The van der Waals surface area contributed by atoms with Gasteiger partial charge in [0.15, 0.2) is 0 Å². The van der Waals surface area contributed by atoms with Crippen molar-refractivity contribution in [3.05, 3.63) is 35.6 Å². The highest BCUT2D eigenvalue weighted by atomic mass is 32.2. The number of hydrogen-bond donors (Lipinski definition) is 1. The van der Waals surface area contributed by atoms with E-state index in [-0.39, 0.29) is 11.1 Å². The Morgan fingerprint density at radius 1 is 1.43 bits per heavy atom. The Morgan fingerprint density at radius 3 is 2.71 bits per heavy atom. The van der Waals surface area contributed by atoms with E-state index in [1.165, 1.54) is 6.07 Å². The first kappa shape index (κ1) is 11.5. The van der Waals surface area contributed by atoms with Crippen LogP contribution in [0.2, 0.25) is 0 Å². The zero-order valence-electron chi connectivity index (χ0n) is 8.37. The zero-order valence-corrected chi connectivity index (χ0v) is 9.19. The van der Waals surface area contributed by atoms with Gasteiger partial charge >= 0.3 is 0 Å². The van der Waals surface area contributed by atoms with Gasteiger partial charge in [0, 0.05) is 17.4 Å². The van der Waals surface area contributed by atoms with Crippen LogP contribution < -0.4 is 5.73 Å². The van der Waals surface area contributed by atoms with Crippen molar-refractivity contribution in [3.8, 4) is 0 Å². The van der Waals surface area contributed by atoms with E-state index in [2.05, 4.69) is 6.92 Å². The summed E-state index contributed by atoms with van der Waals surface area (Å²) in [6.45, 7) is 2.60. The van der Waals surface area contributed by atoms with Crippen LogP contribution in [0.5, 0.6) is 0 Å². The standard InChI is InChI=1S/C11H16FNS/c1-2-7-14-11(8-13)9-5-3-4-6-10(9)12/h3-6,11H,2,7-8,13H2,1H3.